The number of hydrogen-bond donors (Lipinski definition) is 0. The summed E-state index contributed by atoms with van der Waals surface area (Å²) in [6.07, 6.45) is 4.21. The van der Waals surface area contributed by atoms with Crippen LogP contribution in [0.15, 0.2) is 4.99 Å². The van der Waals surface area contributed by atoms with E-state index in [-0.39, 0.29) is 0 Å². The zero-order chi connectivity index (χ0) is 10.5. The summed E-state index contributed by atoms with van der Waals surface area (Å²) in [5, 5.41) is 9.49. The second kappa shape index (κ2) is 5.38. The first kappa shape index (κ1) is 10.8. The highest BCUT2D eigenvalue weighted by molar-refractivity contribution is 8.13. The SMILES string of the molecule is N#CN=C1SCCCN1CC1CCOC1. The summed E-state index contributed by atoms with van der Waals surface area (Å²) in [7, 11) is 0. The van der Waals surface area contributed by atoms with Crippen LogP contribution in [0.4, 0.5) is 0 Å². The Morgan fingerprint density at radius 1 is 1.67 bits per heavy atom. The maximum Gasteiger partial charge on any atom is 0.208 e. The maximum atomic E-state index is 8.59. The molecule has 0 aliphatic carbocycles. The minimum Gasteiger partial charge on any atom is -0.381 e. The summed E-state index contributed by atoms with van der Waals surface area (Å²) >= 11 is 1.69. The van der Waals surface area contributed by atoms with Crippen LogP contribution in [-0.4, -0.2) is 42.1 Å². The summed E-state index contributed by atoms with van der Waals surface area (Å²) in [5.41, 5.74) is 0. The molecule has 2 rings (SSSR count). The van der Waals surface area contributed by atoms with Gasteiger partial charge < -0.3 is 9.64 Å². The average Bonchev–Trinajstić information content (AvgIpc) is 2.74. The molecule has 2 fully saturated rings. The molecule has 82 valence electrons. The third-order valence-electron chi connectivity index (χ3n) is 2.72. The fourth-order valence-corrected chi connectivity index (χ4v) is 2.87. The molecule has 0 saturated carbocycles. The normalized spacial score (nSPS) is 29.4. The van der Waals surface area contributed by atoms with Gasteiger partial charge >= 0.3 is 0 Å². The lowest BCUT2D eigenvalue weighted by atomic mass is 10.1. The summed E-state index contributed by atoms with van der Waals surface area (Å²) < 4.78 is 5.36. The molecule has 0 aromatic carbocycles. The van der Waals surface area contributed by atoms with Crippen LogP contribution in [0.25, 0.3) is 0 Å². The van der Waals surface area contributed by atoms with Gasteiger partial charge in [-0.15, -0.1) is 4.99 Å². The first-order valence-electron chi connectivity index (χ1n) is 5.32. The van der Waals surface area contributed by atoms with Crippen molar-refractivity contribution in [1.82, 2.24) is 4.90 Å². The van der Waals surface area contributed by atoms with Crippen LogP contribution in [0.5, 0.6) is 0 Å². The Balaban J connectivity index is 1.92. The van der Waals surface area contributed by atoms with Crippen molar-refractivity contribution in [2.75, 3.05) is 32.1 Å². The number of thioether (sulfide) groups is 1. The van der Waals surface area contributed by atoms with Crippen LogP contribution in [0.1, 0.15) is 12.8 Å². The van der Waals surface area contributed by atoms with Crippen LogP contribution in [0.2, 0.25) is 0 Å². The molecule has 15 heavy (non-hydrogen) atoms. The largest absolute Gasteiger partial charge is 0.381 e. The average molecular weight is 225 g/mol. The molecule has 2 heterocycles. The Morgan fingerprint density at radius 3 is 3.33 bits per heavy atom. The van der Waals surface area contributed by atoms with Crippen LogP contribution in [0.3, 0.4) is 0 Å². The highest BCUT2D eigenvalue weighted by Gasteiger charge is 2.23. The lowest BCUT2D eigenvalue weighted by Gasteiger charge is -2.30. The van der Waals surface area contributed by atoms with Crippen molar-refractivity contribution in [2.24, 2.45) is 10.9 Å². The molecule has 0 radical (unpaired) electrons. The van der Waals surface area contributed by atoms with Gasteiger partial charge in [0.25, 0.3) is 0 Å². The molecule has 0 N–H and O–H groups in total. The van der Waals surface area contributed by atoms with Crippen LogP contribution in [0, 0.1) is 17.4 Å². The third kappa shape index (κ3) is 2.86. The maximum absolute atomic E-state index is 8.59. The van der Waals surface area contributed by atoms with E-state index in [1.807, 2.05) is 6.19 Å². The Morgan fingerprint density at radius 2 is 2.60 bits per heavy atom. The molecule has 5 heteroatoms. The van der Waals surface area contributed by atoms with E-state index in [1.165, 1.54) is 6.42 Å². The Hall–Kier alpha value is -0.730. The van der Waals surface area contributed by atoms with E-state index in [1.54, 1.807) is 11.8 Å². The van der Waals surface area contributed by atoms with Crippen molar-refractivity contribution >= 4 is 16.9 Å². The number of nitriles is 1. The van der Waals surface area contributed by atoms with Gasteiger partial charge in [0.1, 0.15) is 0 Å². The van der Waals surface area contributed by atoms with Crippen LogP contribution >= 0.6 is 11.8 Å². The molecule has 2 saturated heterocycles. The number of aliphatic imine (C=N–C) groups is 1. The zero-order valence-electron chi connectivity index (χ0n) is 8.69. The van der Waals surface area contributed by atoms with Crippen LogP contribution < -0.4 is 0 Å². The van der Waals surface area contributed by atoms with E-state index in [9.17, 15) is 0 Å². The van der Waals surface area contributed by atoms with Crippen molar-refractivity contribution in [3.05, 3.63) is 0 Å². The van der Waals surface area contributed by atoms with E-state index in [0.717, 1.165) is 43.6 Å². The predicted octanol–water partition coefficient (Wildman–Crippen LogP) is 1.30. The summed E-state index contributed by atoms with van der Waals surface area (Å²) in [6, 6.07) is 0. The summed E-state index contributed by atoms with van der Waals surface area (Å²) in [6.45, 7) is 3.77. The van der Waals surface area contributed by atoms with E-state index in [4.69, 9.17) is 10.00 Å². The molecule has 2 aliphatic heterocycles. The molecule has 1 atom stereocenters. The standard InChI is InChI=1S/C10H15N3OS/c11-8-12-10-13(3-1-5-15-10)6-9-2-4-14-7-9/h9H,1-7H2. The van der Waals surface area contributed by atoms with Gasteiger partial charge in [0.05, 0.1) is 6.61 Å². The first-order valence-corrected chi connectivity index (χ1v) is 6.31. The number of ether oxygens (including phenoxy) is 1. The first-order chi connectivity index (χ1) is 7.40. The Labute approximate surface area is 94.3 Å². The quantitative estimate of drug-likeness (QED) is 0.665. The van der Waals surface area contributed by atoms with Gasteiger partial charge in [-0.1, -0.05) is 11.8 Å². The van der Waals surface area contributed by atoms with Gasteiger partial charge in [-0.25, -0.2) is 0 Å². The Kier molecular flexibility index (Phi) is 3.87. The molecule has 4 nitrogen and oxygen atoms in total. The highest BCUT2D eigenvalue weighted by Crippen LogP contribution is 2.21. The van der Waals surface area contributed by atoms with E-state index >= 15 is 0 Å². The van der Waals surface area contributed by atoms with Crippen molar-refractivity contribution in [3.63, 3.8) is 0 Å². The van der Waals surface area contributed by atoms with E-state index in [0.29, 0.717) is 5.92 Å². The third-order valence-corrected chi connectivity index (χ3v) is 3.82. The lowest BCUT2D eigenvalue weighted by Crippen LogP contribution is -2.37. The van der Waals surface area contributed by atoms with Gasteiger partial charge in [0.15, 0.2) is 5.17 Å². The van der Waals surface area contributed by atoms with Gasteiger partial charge in [-0.2, -0.15) is 5.26 Å². The molecule has 0 spiro atoms. The fraction of sp³-hybridized carbons (Fsp3) is 0.800. The number of amidine groups is 1. The molecule has 1 unspecified atom stereocenters. The number of rotatable bonds is 2. The molecular weight excluding hydrogens is 210 g/mol. The second-order valence-electron chi connectivity index (χ2n) is 3.87. The Bertz CT molecular complexity index is 281. The number of hydrogen-bond acceptors (Lipinski definition) is 4. The summed E-state index contributed by atoms with van der Waals surface area (Å²) in [4.78, 5) is 6.11. The summed E-state index contributed by atoms with van der Waals surface area (Å²) in [5.74, 6) is 1.70. The molecule has 0 amide bonds. The molecular formula is C10H15N3OS. The minimum absolute atomic E-state index is 0.618. The molecule has 0 aromatic rings. The van der Waals surface area contributed by atoms with Crippen molar-refractivity contribution < 1.29 is 4.74 Å². The second-order valence-corrected chi connectivity index (χ2v) is 4.93. The molecule has 0 bridgehead atoms. The van der Waals surface area contributed by atoms with Crippen molar-refractivity contribution in [2.45, 2.75) is 12.8 Å². The lowest BCUT2D eigenvalue weighted by molar-refractivity contribution is 0.179. The minimum atomic E-state index is 0.618. The van der Waals surface area contributed by atoms with Gasteiger partial charge in [0.2, 0.25) is 6.19 Å². The van der Waals surface area contributed by atoms with Crippen LogP contribution in [-0.2, 0) is 4.74 Å². The molecule has 2 aliphatic rings. The van der Waals surface area contributed by atoms with Gasteiger partial charge in [-0.3, -0.25) is 0 Å². The highest BCUT2D eigenvalue weighted by atomic mass is 32.2. The zero-order valence-corrected chi connectivity index (χ0v) is 9.50. The van der Waals surface area contributed by atoms with E-state index < -0.39 is 0 Å². The smallest absolute Gasteiger partial charge is 0.208 e. The molecule has 0 aromatic heterocycles. The predicted molar refractivity (Wildman–Crippen MR) is 60.6 cm³/mol. The monoisotopic (exact) mass is 225 g/mol. The van der Waals surface area contributed by atoms with Crippen molar-refractivity contribution in [3.8, 4) is 6.19 Å². The van der Waals surface area contributed by atoms with Gasteiger partial charge in [-0.05, 0) is 12.8 Å². The topological polar surface area (TPSA) is 48.6 Å². The van der Waals surface area contributed by atoms with E-state index in [2.05, 4.69) is 9.89 Å². The van der Waals surface area contributed by atoms with Gasteiger partial charge in [0, 0.05) is 31.4 Å². The fourth-order valence-electron chi connectivity index (χ4n) is 1.96. The van der Waals surface area contributed by atoms with Crippen molar-refractivity contribution in [1.29, 1.82) is 5.26 Å². The number of nitrogens with zero attached hydrogens (tertiary/aromatic N) is 3.